The minimum absolute atomic E-state index is 0.0855. The summed E-state index contributed by atoms with van der Waals surface area (Å²) in [6.45, 7) is 0.467. The van der Waals surface area contributed by atoms with Gasteiger partial charge in [0.1, 0.15) is 0 Å². The summed E-state index contributed by atoms with van der Waals surface area (Å²) in [5.74, 6) is 2.57. The summed E-state index contributed by atoms with van der Waals surface area (Å²) >= 11 is 0. The number of nitrogens with one attached hydrogen (secondary N) is 2. The van der Waals surface area contributed by atoms with E-state index in [2.05, 4.69) is 59.2 Å². The number of benzene rings is 3. The van der Waals surface area contributed by atoms with E-state index < -0.39 is 0 Å². The molecular weight excluding hydrogens is 390 g/mol. The van der Waals surface area contributed by atoms with E-state index >= 15 is 0 Å². The summed E-state index contributed by atoms with van der Waals surface area (Å²) in [4.78, 5) is 4.79. The Hall–Kier alpha value is -3.67. The number of ether oxygens (including phenoxy) is 3. The first-order chi connectivity index (χ1) is 15.2. The molecule has 0 radical (unpaired) electrons. The van der Waals surface area contributed by atoms with Crippen LogP contribution in [0, 0.1) is 0 Å². The number of hydrogen-bond donors (Lipinski definition) is 2. The maximum Gasteiger partial charge on any atom is 0.203 e. The SMILES string of the molecule is COc1cc(CN=C2N[C@@H](c3ccccc3)[C@H](c3ccccc3)N2)cc(OC)c1OC. The predicted molar refractivity (Wildman–Crippen MR) is 122 cm³/mol. The fourth-order valence-electron chi connectivity index (χ4n) is 3.86. The smallest absolute Gasteiger partial charge is 0.203 e. The van der Waals surface area contributed by atoms with Crippen molar-refractivity contribution in [1.29, 1.82) is 0 Å². The fourth-order valence-corrected chi connectivity index (χ4v) is 3.86. The zero-order valence-electron chi connectivity index (χ0n) is 18.0. The molecule has 0 unspecified atom stereocenters. The molecule has 1 heterocycles. The van der Waals surface area contributed by atoms with E-state index in [1.165, 1.54) is 11.1 Å². The average molecular weight is 418 g/mol. The molecule has 6 nitrogen and oxygen atoms in total. The summed E-state index contributed by atoms with van der Waals surface area (Å²) in [5.41, 5.74) is 3.38. The van der Waals surface area contributed by atoms with Gasteiger partial charge >= 0.3 is 0 Å². The average Bonchev–Trinajstić information content (AvgIpc) is 3.27. The van der Waals surface area contributed by atoms with Crippen LogP contribution in [-0.4, -0.2) is 27.3 Å². The van der Waals surface area contributed by atoms with E-state index in [-0.39, 0.29) is 12.1 Å². The Morgan fingerprint density at radius 3 is 1.61 bits per heavy atom. The fraction of sp³-hybridized carbons (Fsp3) is 0.240. The Bertz CT molecular complexity index is 964. The van der Waals surface area contributed by atoms with Crippen molar-refractivity contribution in [3.8, 4) is 17.2 Å². The van der Waals surface area contributed by atoms with Crippen molar-refractivity contribution in [1.82, 2.24) is 10.6 Å². The first kappa shape index (κ1) is 20.6. The van der Waals surface area contributed by atoms with Crippen LogP contribution in [0.5, 0.6) is 17.2 Å². The highest BCUT2D eigenvalue weighted by atomic mass is 16.5. The van der Waals surface area contributed by atoms with E-state index in [0.717, 1.165) is 11.5 Å². The van der Waals surface area contributed by atoms with Gasteiger partial charge in [-0.05, 0) is 28.8 Å². The molecular formula is C25H27N3O3. The number of hydrogen-bond acceptors (Lipinski definition) is 4. The topological polar surface area (TPSA) is 64.1 Å². The number of aliphatic imine (C=N–C) groups is 1. The summed E-state index contributed by atoms with van der Waals surface area (Å²) in [5, 5.41) is 7.12. The molecule has 4 rings (SSSR count). The zero-order valence-corrected chi connectivity index (χ0v) is 18.0. The largest absolute Gasteiger partial charge is 0.493 e. The van der Waals surface area contributed by atoms with Gasteiger partial charge in [-0.3, -0.25) is 0 Å². The summed E-state index contributed by atoms with van der Waals surface area (Å²) in [6.07, 6.45) is 0. The van der Waals surface area contributed by atoms with Crippen molar-refractivity contribution in [3.05, 3.63) is 89.5 Å². The first-order valence-electron chi connectivity index (χ1n) is 10.2. The van der Waals surface area contributed by atoms with Crippen molar-refractivity contribution < 1.29 is 14.2 Å². The molecule has 0 spiro atoms. The maximum absolute atomic E-state index is 5.46. The van der Waals surface area contributed by atoms with Gasteiger partial charge in [0.2, 0.25) is 5.75 Å². The van der Waals surface area contributed by atoms with Gasteiger partial charge in [-0.2, -0.15) is 0 Å². The molecule has 0 bridgehead atoms. The molecule has 2 N–H and O–H groups in total. The van der Waals surface area contributed by atoms with Crippen LogP contribution in [0.2, 0.25) is 0 Å². The van der Waals surface area contributed by atoms with Crippen molar-refractivity contribution >= 4 is 5.96 Å². The lowest BCUT2D eigenvalue weighted by Crippen LogP contribution is -2.25. The van der Waals surface area contributed by atoms with Gasteiger partial charge in [0.05, 0.1) is 40.0 Å². The highest BCUT2D eigenvalue weighted by Crippen LogP contribution is 2.38. The summed E-state index contributed by atoms with van der Waals surface area (Å²) in [6, 6.07) is 24.9. The zero-order chi connectivity index (χ0) is 21.6. The van der Waals surface area contributed by atoms with E-state index in [1.807, 2.05) is 24.3 Å². The molecule has 31 heavy (non-hydrogen) atoms. The molecule has 0 aliphatic carbocycles. The van der Waals surface area contributed by atoms with Gasteiger partial charge in [0, 0.05) is 0 Å². The third kappa shape index (κ3) is 4.43. The molecule has 3 aromatic carbocycles. The van der Waals surface area contributed by atoms with Crippen LogP contribution >= 0.6 is 0 Å². The van der Waals surface area contributed by atoms with Gasteiger partial charge < -0.3 is 24.8 Å². The van der Waals surface area contributed by atoms with Crippen molar-refractivity contribution in [2.75, 3.05) is 21.3 Å². The van der Waals surface area contributed by atoms with E-state index in [0.29, 0.717) is 23.8 Å². The quantitative estimate of drug-likeness (QED) is 0.602. The molecule has 1 aliphatic rings. The molecule has 160 valence electrons. The number of rotatable bonds is 7. The molecule has 0 saturated carbocycles. The summed E-state index contributed by atoms with van der Waals surface area (Å²) in [7, 11) is 4.82. The van der Waals surface area contributed by atoms with E-state index in [1.54, 1.807) is 21.3 Å². The number of nitrogens with zero attached hydrogens (tertiary/aromatic N) is 1. The Morgan fingerprint density at radius 2 is 1.19 bits per heavy atom. The van der Waals surface area contributed by atoms with Crippen LogP contribution in [0.3, 0.4) is 0 Å². The van der Waals surface area contributed by atoms with Crippen LogP contribution < -0.4 is 24.8 Å². The van der Waals surface area contributed by atoms with Crippen molar-refractivity contribution in [2.24, 2.45) is 4.99 Å². The van der Waals surface area contributed by atoms with Gasteiger partial charge in [0.25, 0.3) is 0 Å². The van der Waals surface area contributed by atoms with Crippen molar-refractivity contribution in [2.45, 2.75) is 18.6 Å². The molecule has 0 amide bonds. The predicted octanol–water partition coefficient (Wildman–Crippen LogP) is 4.24. The van der Waals surface area contributed by atoms with E-state index in [9.17, 15) is 0 Å². The van der Waals surface area contributed by atoms with Crippen molar-refractivity contribution in [3.63, 3.8) is 0 Å². The normalized spacial score (nSPS) is 17.5. The standard InChI is InChI=1S/C25H27N3O3/c1-29-20-14-17(15-21(30-2)24(20)31-3)16-26-25-27-22(18-10-6-4-7-11-18)23(28-25)19-12-8-5-9-13-19/h4-15,22-23H,16H2,1-3H3,(H2,26,27,28)/t22-,23-/m0/s1. The second kappa shape index (κ2) is 9.43. The van der Waals surface area contributed by atoms with Gasteiger partial charge in [-0.25, -0.2) is 4.99 Å². The second-order valence-corrected chi connectivity index (χ2v) is 7.26. The minimum atomic E-state index is 0.0855. The third-order valence-corrected chi connectivity index (χ3v) is 5.38. The monoisotopic (exact) mass is 417 g/mol. The molecule has 6 heteroatoms. The van der Waals surface area contributed by atoms with Crippen LogP contribution in [0.1, 0.15) is 28.8 Å². The van der Waals surface area contributed by atoms with Crippen LogP contribution in [0.25, 0.3) is 0 Å². The Balaban J connectivity index is 1.60. The minimum Gasteiger partial charge on any atom is -0.493 e. The molecule has 0 aromatic heterocycles. The number of methoxy groups -OCH3 is 3. The number of guanidine groups is 1. The molecule has 2 atom stereocenters. The lowest BCUT2D eigenvalue weighted by atomic mass is 9.95. The first-order valence-corrected chi connectivity index (χ1v) is 10.2. The molecule has 1 aliphatic heterocycles. The van der Waals surface area contributed by atoms with Gasteiger partial charge in [-0.1, -0.05) is 60.7 Å². The maximum atomic E-state index is 5.46. The van der Waals surface area contributed by atoms with Crippen LogP contribution in [-0.2, 0) is 6.54 Å². The Labute approximate surface area is 182 Å². The Morgan fingerprint density at radius 1 is 0.710 bits per heavy atom. The lowest BCUT2D eigenvalue weighted by Gasteiger charge is -2.19. The Kier molecular flexibility index (Phi) is 6.26. The highest BCUT2D eigenvalue weighted by Gasteiger charge is 2.32. The second-order valence-electron chi connectivity index (χ2n) is 7.26. The molecule has 1 fully saturated rings. The van der Waals surface area contributed by atoms with Crippen LogP contribution in [0.4, 0.5) is 0 Å². The highest BCUT2D eigenvalue weighted by molar-refractivity contribution is 5.83. The molecule has 3 aromatic rings. The summed E-state index contributed by atoms with van der Waals surface area (Å²) < 4.78 is 16.3. The van der Waals surface area contributed by atoms with Crippen LogP contribution in [0.15, 0.2) is 77.8 Å². The molecule has 1 saturated heterocycles. The lowest BCUT2D eigenvalue weighted by molar-refractivity contribution is 0.324. The van der Waals surface area contributed by atoms with E-state index in [4.69, 9.17) is 19.2 Å². The van der Waals surface area contributed by atoms with Gasteiger partial charge in [-0.15, -0.1) is 0 Å². The third-order valence-electron chi connectivity index (χ3n) is 5.38. The van der Waals surface area contributed by atoms with Gasteiger partial charge in [0.15, 0.2) is 17.5 Å².